The third kappa shape index (κ3) is 5.30. The minimum Gasteiger partial charge on any atom is -0.454 e. The second-order valence-electron chi connectivity index (χ2n) is 7.90. The molecule has 182 valence electrons. The molecule has 0 aliphatic rings. The third-order valence-corrected chi connectivity index (χ3v) is 5.95. The molecule has 35 heavy (non-hydrogen) atoms. The minimum absolute atomic E-state index is 0.0749. The summed E-state index contributed by atoms with van der Waals surface area (Å²) in [6.07, 6.45) is 1.39. The maximum absolute atomic E-state index is 13.1. The second-order valence-corrected chi connectivity index (χ2v) is 8.78. The summed E-state index contributed by atoms with van der Waals surface area (Å²) in [6, 6.07) is 9.00. The number of nitrogens with zero attached hydrogens (tertiary/aromatic N) is 2. The second kappa shape index (κ2) is 10.3. The van der Waals surface area contributed by atoms with Crippen molar-refractivity contribution in [1.29, 1.82) is 0 Å². The summed E-state index contributed by atoms with van der Waals surface area (Å²) in [6.45, 7) is 2.74. The number of benzene rings is 1. The van der Waals surface area contributed by atoms with Gasteiger partial charge in [-0.1, -0.05) is 35.9 Å². The highest BCUT2D eigenvalue weighted by Crippen LogP contribution is 2.36. The van der Waals surface area contributed by atoms with Crippen LogP contribution in [-0.4, -0.2) is 33.4 Å². The summed E-state index contributed by atoms with van der Waals surface area (Å²) in [5.41, 5.74) is 5.85. The van der Waals surface area contributed by atoms with Crippen LogP contribution in [0.5, 0.6) is 0 Å². The molecule has 1 aromatic carbocycles. The van der Waals surface area contributed by atoms with Crippen LogP contribution in [-0.2, 0) is 23.6 Å². The molecule has 0 saturated carbocycles. The van der Waals surface area contributed by atoms with Crippen molar-refractivity contribution < 1.29 is 19.1 Å². The number of anilines is 2. The molecule has 0 atom stereocenters. The number of hydrogen-bond donors (Lipinski definition) is 2. The molecule has 0 unspecified atom stereocenters. The van der Waals surface area contributed by atoms with E-state index in [-0.39, 0.29) is 16.4 Å². The van der Waals surface area contributed by atoms with Gasteiger partial charge in [0.25, 0.3) is 5.56 Å². The van der Waals surface area contributed by atoms with E-state index in [1.54, 1.807) is 43.5 Å². The summed E-state index contributed by atoms with van der Waals surface area (Å²) in [7, 11) is 2.53. The van der Waals surface area contributed by atoms with Crippen molar-refractivity contribution in [2.45, 2.75) is 13.8 Å². The monoisotopic (exact) mass is 496 g/mol. The van der Waals surface area contributed by atoms with Gasteiger partial charge in [-0.3, -0.25) is 23.5 Å². The summed E-state index contributed by atoms with van der Waals surface area (Å²) in [5.74, 6) is -2.47. The lowest BCUT2D eigenvalue weighted by Gasteiger charge is -2.12. The van der Waals surface area contributed by atoms with Crippen LogP contribution in [0, 0.1) is 0 Å². The van der Waals surface area contributed by atoms with E-state index >= 15 is 0 Å². The van der Waals surface area contributed by atoms with Gasteiger partial charge < -0.3 is 15.8 Å². The molecular weight excluding hydrogens is 472 g/mol. The molecule has 11 heteroatoms. The van der Waals surface area contributed by atoms with E-state index < -0.39 is 41.1 Å². The van der Waals surface area contributed by atoms with Crippen LogP contribution in [0.4, 0.5) is 10.8 Å². The summed E-state index contributed by atoms with van der Waals surface area (Å²) < 4.78 is 6.95. The number of Topliss-reactive ketones (excluding diaryl/α,β-unsaturated/α-hetero) is 1. The number of allylic oxidation sites excluding steroid dienone is 1. The average molecular weight is 497 g/mol. The fourth-order valence-electron chi connectivity index (χ4n) is 3.29. The van der Waals surface area contributed by atoms with Crippen molar-refractivity contribution >= 4 is 39.8 Å². The molecule has 0 aliphatic carbocycles. The number of amides is 1. The number of esters is 1. The van der Waals surface area contributed by atoms with Gasteiger partial charge in [0.1, 0.15) is 21.9 Å². The number of nitrogens with two attached hydrogens (primary N) is 1. The van der Waals surface area contributed by atoms with Crippen LogP contribution in [0.15, 0.2) is 57.0 Å². The van der Waals surface area contributed by atoms with Gasteiger partial charge in [0.2, 0.25) is 11.7 Å². The standard InChI is InChI=1S/C24H24N4O6S/c1-13(2)10-17(30)26-21-18(15(12-35-21)14-8-6-5-7-9-14)23(32)34-11-16(29)19-20(25)27(3)24(33)28(4)22(19)31/h5-10,12H,11,25H2,1-4H3,(H,26,30). The molecule has 0 radical (unpaired) electrons. The molecule has 3 aromatic rings. The van der Waals surface area contributed by atoms with Crippen molar-refractivity contribution in [3.8, 4) is 11.1 Å². The van der Waals surface area contributed by atoms with Gasteiger partial charge in [0, 0.05) is 31.1 Å². The van der Waals surface area contributed by atoms with E-state index in [4.69, 9.17) is 10.5 Å². The number of carbonyl (C=O) groups excluding carboxylic acids is 3. The van der Waals surface area contributed by atoms with Gasteiger partial charge in [0.05, 0.1) is 0 Å². The Morgan fingerprint density at radius 3 is 2.34 bits per heavy atom. The van der Waals surface area contributed by atoms with Crippen LogP contribution >= 0.6 is 11.3 Å². The minimum atomic E-state index is -0.887. The molecule has 10 nitrogen and oxygen atoms in total. The van der Waals surface area contributed by atoms with Gasteiger partial charge in [0.15, 0.2) is 6.61 Å². The van der Waals surface area contributed by atoms with Crippen molar-refractivity contribution in [2.75, 3.05) is 17.7 Å². The number of ketones is 1. The van der Waals surface area contributed by atoms with E-state index in [2.05, 4.69) is 5.32 Å². The van der Waals surface area contributed by atoms with Gasteiger partial charge in [-0.25, -0.2) is 9.59 Å². The zero-order chi connectivity index (χ0) is 25.9. The van der Waals surface area contributed by atoms with E-state index in [9.17, 15) is 24.0 Å². The summed E-state index contributed by atoms with van der Waals surface area (Å²) >= 11 is 1.14. The molecule has 3 rings (SSSR count). The first-order chi connectivity index (χ1) is 16.5. The first kappa shape index (κ1) is 25.4. The van der Waals surface area contributed by atoms with E-state index in [0.717, 1.165) is 26.0 Å². The van der Waals surface area contributed by atoms with E-state index in [1.165, 1.54) is 20.2 Å². The first-order valence-corrected chi connectivity index (χ1v) is 11.3. The maximum atomic E-state index is 13.1. The van der Waals surface area contributed by atoms with Crippen molar-refractivity contribution in [3.63, 3.8) is 0 Å². The van der Waals surface area contributed by atoms with Crippen LogP contribution in [0.1, 0.15) is 34.6 Å². The highest BCUT2D eigenvalue weighted by molar-refractivity contribution is 7.15. The van der Waals surface area contributed by atoms with Crippen LogP contribution in [0.25, 0.3) is 11.1 Å². The number of aromatic nitrogens is 2. The van der Waals surface area contributed by atoms with Crippen LogP contribution < -0.4 is 22.3 Å². The number of rotatable bonds is 7. The summed E-state index contributed by atoms with van der Waals surface area (Å²) in [5, 5.41) is 4.63. The quantitative estimate of drug-likeness (QED) is 0.290. The Morgan fingerprint density at radius 2 is 1.71 bits per heavy atom. The van der Waals surface area contributed by atoms with Gasteiger partial charge in [-0.05, 0) is 19.4 Å². The molecular formula is C24H24N4O6S. The fraction of sp³-hybridized carbons (Fsp3) is 0.208. The van der Waals surface area contributed by atoms with Crippen LogP contribution in [0.2, 0.25) is 0 Å². The molecule has 1 amide bonds. The lowest BCUT2D eigenvalue weighted by molar-refractivity contribution is -0.111. The molecule has 0 spiro atoms. The van der Waals surface area contributed by atoms with Crippen molar-refractivity contribution in [3.05, 3.63) is 79.3 Å². The number of thiophene rings is 1. The lowest BCUT2D eigenvalue weighted by atomic mass is 10.0. The molecule has 2 aromatic heterocycles. The molecule has 0 aliphatic heterocycles. The van der Waals surface area contributed by atoms with Crippen molar-refractivity contribution in [2.24, 2.45) is 14.1 Å². The average Bonchev–Trinajstić information content (AvgIpc) is 3.23. The Morgan fingerprint density at radius 1 is 1.06 bits per heavy atom. The number of nitrogens with one attached hydrogen (secondary N) is 1. The van der Waals surface area contributed by atoms with Gasteiger partial charge >= 0.3 is 11.7 Å². The Labute approximate surface area is 204 Å². The Hall–Kier alpha value is -4.25. The number of nitrogen functional groups attached to an aromatic ring is 1. The zero-order valence-electron chi connectivity index (χ0n) is 19.6. The Balaban J connectivity index is 1.94. The maximum Gasteiger partial charge on any atom is 0.342 e. The Kier molecular flexibility index (Phi) is 7.50. The smallest absolute Gasteiger partial charge is 0.342 e. The first-order valence-electron chi connectivity index (χ1n) is 10.4. The van der Waals surface area contributed by atoms with E-state index in [0.29, 0.717) is 11.1 Å². The van der Waals surface area contributed by atoms with Crippen LogP contribution in [0.3, 0.4) is 0 Å². The predicted molar refractivity (Wildman–Crippen MR) is 134 cm³/mol. The molecule has 0 fully saturated rings. The van der Waals surface area contributed by atoms with Crippen molar-refractivity contribution in [1.82, 2.24) is 9.13 Å². The number of carbonyl (C=O) groups is 3. The SMILES string of the molecule is CC(C)=CC(=O)Nc1scc(-c2ccccc2)c1C(=O)OCC(=O)c1c(N)n(C)c(=O)n(C)c1=O. The molecule has 3 N–H and O–H groups in total. The van der Waals surface area contributed by atoms with Gasteiger partial charge in [-0.2, -0.15) is 0 Å². The summed E-state index contributed by atoms with van der Waals surface area (Å²) in [4.78, 5) is 62.6. The normalized spacial score (nSPS) is 10.5. The molecule has 0 saturated heterocycles. The fourth-order valence-corrected chi connectivity index (χ4v) is 4.25. The third-order valence-electron chi connectivity index (χ3n) is 5.06. The van der Waals surface area contributed by atoms with E-state index in [1.807, 2.05) is 6.07 Å². The lowest BCUT2D eigenvalue weighted by Crippen LogP contribution is -2.42. The molecule has 0 bridgehead atoms. The highest BCUT2D eigenvalue weighted by atomic mass is 32.1. The topological polar surface area (TPSA) is 142 Å². The predicted octanol–water partition coefficient (Wildman–Crippen LogP) is 2.34. The largest absolute Gasteiger partial charge is 0.454 e. The van der Waals surface area contributed by atoms with Gasteiger partial charge in [-0.15, -0.1) is 11.3 Å². The zero-order valence-corrected chi connectivity index (χ0v) is 20.4. The number of ether oxygens (including phenoxy) is 1. The highest BCUT2D eigenvalue weighted by Gasteiger charge is 2.26. The number of hydrogen-bond acceptors (Lipinski definition) is 8. The Bertz CT molecular complexity index is 1460. The molecule has 2 heterocycles.